The monoisotopic (exact) mass is 293 g/mol. The number of rotatable bonds is 4. The van der Waals surface area contributed by atoms with E-state index < -0.39 is 5.54 Å². The van der Waals surface area contributed by atoms with Gasteiger partial charge in [0.15, 0.2) is 0 Å². The van der Waals surface area contributed by atoms with Gasteiger partial charge in [0.1, 0.15) is 0 Å². The number of fused-ring (bicyclic) bond motifs is 1. The molecule has 3 aromatic rings. The van der Waals surface area contributed by atoms with E-state index in [4.69, 9.17) is 0 Å². The first-order valence-corrected chi connectivity index (χ1v) is 7.33. The molecule has 112 valence electrons. The van der Waals surface area contributed by atoms with Crippen molar-refractivity contribution in [1.82, 2.24) is 15.3 Å². The molecule has 0 aliphatic carbocycles. The molecule has 4 nitrogen and oxygen atoms in total. The molecule has 0 saturated heterocycles. The highest BCUT2D eigenvalue weighted by molar-refractivity contribution is 5.89. The first kappa shape index (κ1) is 14.3. The Morgan fingerprint density at radius 1 is 1.18 bits per heavy atom. The average Bonchev–Trinajstić information content (AvgIpc) is 2.91. The highest BCUT2D eigenvalue weighted by atomic mass is 16.1. The Kier molecular flexibility index (Phi) is 3.67. The number of nitrogens with zero attached hydrogens (tertiary/aromatic N) is 1. The number of benzene rings is 1. The Morgan fingerprint density at radius 2 is 1.91 bits per heavy atom. The van der Waals surface area contributed by atoms with Crippen molar-refractivity contribution >= 4 is 16.8 Å². The first-order chi connectivity index (χ1) is 10.6. The van der Waals surface area contributed by atoms with Crippen molar-refractivity contribution in [3.8, 4) is 0 Å². The van der Waals surface area contributed by atoms with Gasteiger partial charge in [0.25, 0.3) is 0 Å². The maximum absolute atomic E-state index is 12.4. The molecule has 0 atom stereocenters. The van der Waals surface area contributed by atoms with E-state index in [-0.39, 0.29) is 5.91 Å². The number of amides is 1. The van der Waals surface area contributed by atoms with Gasteiger partial charge in [-0.05, 0) is 43.2 Å². The average molecular weight is 293 g/mol. The van der Waals surface area contributed by atoms with Gasteiger partial charge in [0.2, 0.25) is 5.91 Å². The third-order valence-electron chi connectivity index (χ3n) is 3.88. The van der Waals surface area contributed by atoms with E-state index in [1.807, 2.05) is 56.4 Å². The van der Waals surface area contributed by atoms with Crippen molar-refractivity contribution < 1.29 is 4.79 Å². The third kappa shape index (κ3) is 2.86. The van der Waals surface area contributed by atoms with E-state index >= 15 is 0 Å². The van der Waals surface area contributed by atoms with Crippen LogP contribution < -0.4 is 5.32 Å². The van der Waals surface area contributed by atoms with Crippen LogP contribution in [-0.4, -0.2) is 15.9 Å². The number of nitrogens with one attached hydrogen (secondary N) is 2. The zero-order valence-electron chi connectivity index (χ0n) is 12.8. The van der Waals surface area contributed by atoms with Crippen LogP contribution in [0.2, 0.25) is 0 Å². The van der Waals surface area contributed by atoms with Crippen molar-refractivity contribution in [1.29, 1.82) is 0 Å². The molecule has 0 saturated carbocycles. The molecule has 3 rings (SSSR count). The molecule has 0 aliphatic heterocycles. The SMILES string of the molecule is CC(C)(NC(=O)Cc1c[nH]c2ccccc12)c1ccncc1. The zero-order chi connectivity index (χ0) is 15.6. The van der Waals surface area contributed by atoms with Crippen LogP contribution >= 0.6 is 0 Å². The topological polar surface area (TPSA) is 57.8 Å². The van der Waals surface area contributed by atoms with Crippen LogP contribution in [-0.2, 0) is 16.8 Å². The van der Waals surface area contributed by atoms with Crippen molar-refractivity contribution in [2.24, 2.45) is 0 Å². The van der Waals surface area contributed by atoms with Gasteiger partial charge in [0.05, 0.1) is 12.0 Å². The molecule has 2 aromatic heterocycles. The standard InChI is InChI=1S/C18H19N3O/c1-18(2,14-7-9-19-10-8-14)21-17(22)11-13-12-20-16-6-4-3-5-15(13)16/h3-10,12,20H,11H2,1-2H3,(H,21,22). The smallest absolute Gasteiger partial charge is 0.225 e. The summed E-state index contributed by atoms with van der Waals surface area (Å²) in [6, 6.07) is 11.9. The van der Waals surface area contributed by atoms with E-state index in [0.717, 1.165) is 22.0 Å². The number of pyridine rings is 1. The van der Waals surface area contributed by atoms with E-state index in [2.05, 4.69) is 15.3 Å². The van der Waals surface area contributed by atoms with Gasteiger partial charge in [-0.15, -0.1) is 0 Å². The number of hydrogen-bond acceptors (Lipinski definition) is 2. The van der Waals surface area contributed by atoms with Crippen LogP contribution in [0.5, 0.6) is 0 Å². The number of para-hydroxylation sites is 1. The molecule has 1 aromatic carbocycles. The Balaban J connectivity index is 1.75. The summed E-state index contributed by atoms with van der Waals surface area (Å²) < 4.78 is 0. The maximum Gasteiger partial charge on any atom is 0.225 e. The number of carbonyl (C=O) groups excluding carboxylic acids is 1. The molecule has 0 bridgehead atoms. The summed E-state index contributed by atoms with van der Waals surface area (Å²) in [5, 5.41) is 4.19. The fourth-order valence-electron chi connectivity index (χ4n) is 2.68. The van der Waals surface area contributed by atoms with Crippen LogP contribution in [0.3, 0.4) is 0 Å². The predicted molar refractivity (Wildman–Crippen MR) is 87.4 cm³/mol. The lowest BCUT2D eigenvalue weighted by molar-refractivity contribution is -0.122. The number of H-pyrrole nitrogens is 1. The van der Waals surface area contributed by atoms with Crippen LogP contribution in [0.4, 0.5) is 0 Å². The second-order valence-electron chi connectivity index (χ2n) is 5.95. The van der Waals surface area contributed by atoms with Crippen LogP contribution in [0.15, 0.2) is 55.0 Å². The van der Waals surface area contributed by atoms with Gasteiger partial charge in [-0.1, -0.05) is 18.2 Å². The molecule has 0 spiro atoms. The van der Waals surface area contributed by atoms with E-state index in [1.54, 1.807) is 12.4 Å². The van der Waals surface area contributed by atoms with Crippen LogP contribution in [0.25, 0.3) is 10.9 Å². The molecule has 2 heterocycles. The Hall–Kier alpha value is -2.62. The van der Waals surface area contributed by atoms with Gasteiger partial charge in [-0.2, -0.15) is 0 Å². The van der Waals surface area contributed by atoms with Gasteiger partial charge < -0.3 is 10.3 Å². The van der Waals surface area contributed by atoms with Crippen molar-refractivity contribution in [2.45, 2.75) is 25.8 Å². The lowest BCUT2D eigenvalue weighted by Gasteiger charge is -2.26. The Labute approximate surface area is 129 Å². The Morgan fingerprint density at radius 3 is 2.68 bits per heavy atom. The minimum Gasteiger partial charge on any atom is -0.361 e. The minimum absolute atomic E-state index is 0.00608. The predicted octanol–water partition coefficient (Wildman–Crippen LogP) is 3.16. The highest BCUT2D eigenvalue weighted by Crippen LogP contribution is 2.21. The van der Waals surface area contributed by atoms with Gasteiger partial charge in [-0.3, -0.25) is 9.78 Å². The van der Waals surface area contributed by atoms with Crippen molar-refractivity contribution in [2.75, 3.05) is 0 Å². The second kappa shape index (κ2) is 5.64. The number of carbonyl (C=O) groups is 1. The molecular formula is C18H19N3O. The van der Waals surface area contributed by atoms with E-state index in [0.29, 0.717) is 6.42 Å². The molecule has 0 radical (unpaired) electrons. The van der Waals surface area contributed by atoms with Crippen LogP contribution in [0, 0.1) is 0 Å². The summed E-state index contributed by atoms with van der Waals surface area (Å²) in [6.45, 7) is 3.99. The lowest BCUT2D eigenvalue weighted by atomic mass is 9.95. The summed E-state index contributed by atoms with van der Waals surface area (Å²) in [4.78, 5) is 19.6. The summed E-state index contributed by atoms with van der Waals surface area (Å²) in [6.07, 6.45) is 5.74. The summed E-state index contributed by atoms with van der Waals surface area (Å²) in [5.41, 5.74) is 2.68. The number of aromatic nitrogens is 2. The fraction of sp³-hybridized carbons (Fsp3) is 0.222. The lowest BCUT2D eigenvalue weighted by Crippen LogP contribution is -2.41. The van der Waals surface area contributed by atoms with Gasteiger partial charge in [0, 0.05) is 29.5 Å². The minimum atomic E-state index is -0.424. The first-order valence-electron chi connectivity index (χ1n) is 7.33. The second-order valence-corrected chi connectivity index (χ2v) is 5.95. The van der Waals surface area contributed by atoms with Crippen molar-refractivity contribution in [3.05, 3.63) is 66.1 Å². The number of hydrogen-bond donors (Lipinski definition) is 2. The summed E-state index contributed by atoms with van der Waals surface area (Å²) in [7, 11) is 0. The molecule has 22 heavy (non-hydrogen) atoms. The summed E-state index contributed by atoms with van der Waals surface area (Å²) in [5.74, 6) is 0.00608. The molecular weight excluding hydrogens is 274 g/mol. The molecule has 0 unspecified atom stereocenters. The van der Waals surface area contributed by atoms with Crippen LogP contribution in [0.1, 0.15) is 25.0 Å². The maximum atomic E-state index is 12.4. The highest BCUT2D eigenvalue weighted by Gasteiger charge is 2.23. The molecule has 0 aliphatic rings. The van der Waals surface area contributed by atoms with E-state index in [9.17, 15) is 4.79 Å². The normalized spacial score (nSPS) is 11.5. The molecule has 1 amide bonds. The number of aromatic amines is 1. The zero-order valence-corrected chi connectivity index (χ0v) is 12.8. The van der Waals surface area contributed by atoms with Gasteiger partial charge in [-0.25, -0.2) is 0 Å². The van der Waals surface area contributed by atoms with Crippen molar-refractivity contribution in [3.63, 3.8) is 0 Å². The largest absolute Gasteiger partial charge is 0.361 e. The fourth-order valence-corrected chi connectivity index (χ4v) is 2.68. The molecule has 2 N–H and O–H groups in total. The molecule has 0 fully saturated rings. The summed E-state index contributed by atoms with van der Waals surface area (Å²) >= 11 is 0. The van der Waals surface area contributed by atoms with E-state index in [1.165, 1.54) is 0 Å². The molecule has 4 heteroatoms. The van der Waals surface area contributed by atoms with Gasteiger partial charge >= 0.3 is 0 Å². The quantitative estimate of drug-likeness (QED) is 0.776. The third-order valence-corrected chi connectivity index (χ3v) is 3.88. The Bertz CT molecular complexity index is 790.